The predicted octanol–water partition coefficient (Wildman–Crippen LogP) is 4.04. The number of esters is 1. The monoisotopic (exact) mass is 338 g/mol. The minimum absolute atomic E-state index is 0.107. The maximum absolute atomic E-state index is 11.8. The third kappa shape index (κ3) is 3.52. The Labute approximate surface area is 144 Å². The van der Waals surface area contributed by atoms with Crippen LogP contribution in [0.15, 0.2) is 48.7 Å². The van der Waals surface area contributed by atoms with Crippen molar-refractivity contribution < 1.29 is 14.5 Å². The van der Waals surface area contributed by atoms with E-state index < -0.39 is 4.92 Å². The Kier molecular flexibility index (Phi) is 4.79. The van der Waals surface area contributed by atoms with Crippen molar-refractivity contribution >= 4 is 22.6 Å². The molecule has 0 unspecified atom stereocenters. The Morgan fingerprint density at radius 3 is 2.60 bits per heavy atom. The second kappa shape index (κ2) is 7.17. The fraction of sp³-hybridized carbons (Fsp3) is 0.211. The van der Waals surface area contributed by atoms with Gasteiger partial charge in [0.2, 0.25) is 0 Å². The Balaban J connectivity index is 1.69. The average Bonchev–Trinajstić information content (AvgIpc) is 3.04. The Morgan fingerprint density at radius 1 is 1.16 bits per heavy atom. The largest absolute Gasteiger partial charge is 0.465 e. The number of fused-ring (bicyclic) bond motifs is 1. The molecule has 0 aliphatic heterocycles. The number of hydrogen-bond donors (Lipinski definition) is 1. The van der Waals surface area contributed by atoms with Gasteiger partial charge < -0.3 is 9.72 Å². The van der Waals surface area contributed by atoms with E-state index in [0.29, 0.717) is 5.56 Å². The SMILES string of the molecule is COC(=O)c1cccc2c(CCCc3ccc([N+](=O)[O-])cc3)c[nH]c12. The van der Waals surface area contributed by atoms with Crippen LogP contribution < -0.4 is 0 Å². The number of aromatic amines is 1. The number of ether oxygens (including phenoxy) is 1. The standard InChI is InChI=1S/C19H18N2O4/c1-25-19(22)17-7-3-6-16-14(12-20-18(16)17)5-2-4-13-8-10-15(11-9-13)21(23)24/h3,6-12,20H,2,4-5H2,1H3. The Hall–Kier alpha value is -3.15. The normalized spacial score (nSPS) is 10.8. The van der Waals surface area contributed by atoms with Gasteiger partial charge in [-0.25, -0.2) is 4.79 Å². The Bertz CT molecular complexity index is 913. The van der Waals surface area contributed by atoms with Crippen LogP contribution in [0.5, 0.6) is 0 Å². The molecule has 0 aliphatic carbocycles. The molecule has 25 heavy (non-hydrogen) atoms. The number of nitrogens with zero attached hydrogens (tertiary/aromatic N) is 1. The number of nitro groups is 1. The summed E-state index contributed by atoms with van der Waals surface area (Å²) in [6.45, 7) is 0. The molecule has 0 fully saturated rings. The predicted molar refractivity (Wildman–Crippen MR) is 94.8 cm³/mol. The van der Waals surface area contributed by atoms with Crippen LogP contribution in [0.2, 0.25) is 0 Å². The van der Waals surface area contributed by atoms with E-state index in [1.165, 1.54) is 19.2 Å². The number of benzene rings is 2. The molecule has 0 saturated heterocycles. The summed E-state index contributed by atoms with van der Waals surface area (Å²) < 4.78 is 4.81. The van der Waals surface area contributed by atoms with Gasteiger partial charge in [-0.05, 0) is 36.5 Å². The second-order valence-electron chi connectivity index (χ2n) is 5.81. The fourth-order valence-electron chi connectivity index (χ4n) is 2.97. The summed E-state index contributed by atoms with van der Waals surface area (Å²) in [6, 6.07) is 12.2. The van der Waals surface area contributed by atoms with E-state index in [1.807, 2.05) is 18.3 Å². The first-order valence-corrected chi connectivity index (χ1v) is 8.01. The summed E-state index contributed by atoms with van der Waals surface area (Å²) in [4.78, 5) is 25.3. The van der Waals surface area contributed by atoms with Crippen molar-refractivity contribution in [3.63, 3.8) is 0 Å². The molecule has 0 spiro atoms. The number of carbonyl (C=O) groups excluding carboxylic acids is 1. The molecule has 0 bridgehead atoms. The average molecular weight is 338 g/mol. The molecule has 0 amide bonds. The molecule has 128 valence electrons. The molecule has 0 atom stereocenters. The van der Waals surface area contributed by atoms with E-state index in [9.17, 15) is 14.9 Å². The van der Waals surface area contributed by atoms with Gasteiger partial charge in [-0.15, -0.1) is 0 Å². The molecule has 3 rings (SSSR count). The van der Waals surface area contributed by atoms with Crippen LogP contribution >= 0.6 is 0 Å². The Morgan fingerprint density at radius 2 is 1.92 bits per heavy atom. The van der Waals surface area contributed by atoms with E-state index in [4.69, 9.17) is 4.74 Å². The summed E-state index contributed by atoms with van der Waals surface area (Å²) >= 11 is 0. The number of rotatable bonds is 6. The highest BCUT2D eigenvalue weighted by molar-refractivity contribution is 6.03. The van der Waals surface area contributed by atoms with Gasteiger partial charge in [-0.2, -0.15) is 0 Å². The van der Waals surface area contributed by atoms with Crippen molar-refractivity contribution in [1.82, 2.24) is 4.98 Å². The van der Waals surface area contributed by atoms with Gasteiger partial charge in [0.05, 0.1) is 23.1 Å². The molecule has 2 aromatic carbocycles. The minimum Gasteiger partial charge on any atom is -0.465 e. The minimum atomic E-state index is -0.394. The molecule has 3 aromatic rings. The van der Waals surface area contributed by atoms with Crippen molar-refractivity contribution in [2.24, 2.45) is 0 Å². The van der Waals surface area contributed by atoms with Gasteiger partial charge in [0, 0.05) is 23.7 Å². The van der Waals surface area contributed by atoms with Gasteiger partial charge in [0.15, 0.2) is 0 Å². The number of H-pyrrole nitrogens is 1. The van der Waals surface area contributed by atoms with Gasteiger partial charge in [-0.1, -0.05) is 24.3 Å². The maximum atomic E-state index is 11.8. The lowest BCUT2D eigenvalue weighted by Crippen LogP contribution is -2.01. The number of methoxy groups -OCH3 is 1. The van der Waals surface area contributed by atoms with Crippen molar-refractivity contribution in [3.8, 4) is 0 Å². The third-order valence-corrected chi connectivity index (χ3v) is 4.27. The molecular formula is C19H18N2O4. The highest BCUT2D eigenvalue weighted by Crippen LogP contribution is 2.24. The smallest absolute Gasteiger partial charge is 0.339 e. The number of nitrogens with one attached hydrogen (secondary N) is 1. The summed E-state index contributed by atoms with van der Waals surface area (Å²) in [5, 5.41) is 11.7. The zero-order chi connectivity index (χ0) is 17.8. The van der Waals surface area contributed by atoms with Crippen molar-refractivity contribution in [1.29, 1.82) is 0 Å². The zero-order valence-electron chi connectivity index (χ0n) is 13.8. The first-order chi connectivity index (χ1) is 12.1. The fourth-order valence-corrected chi connectivity index (χ4v) is 2.97. The number of nitro benzene ring substituents is 1. The maximum Gasteiger partial charge on any atom is 0.339 e. The van der Waals surface area contributed by atoms with Crippen LogP contribution in [0, 0.1) is 10.1 Å². The van der Waals surface area contributed by atoms with Crippen molar-refractivity contribution in [2.75, 3.05) is 7.11 Å². The molecule has 1 aromatic heterocycles. The highest BCUT2D eigenvalue weighted by Gasteiger charge is 2.13. The zero-order valence-corrected chi connectivity index (χ0v) is 13.8. The van der Waals surface area contributed by atoms with E-state index in [2.05, 4.69) is 4.98 Å². The number of para-hydroxylation sites is 1. The number of carbonyl (C=O) groups is 1. The molecule has 1 heterocycles. The molecule has 1 N–H and O–H groups in total. The van der Waals surface area contributed by atoms with Crippen LogP contribution in [-0.4, -0.2) is 23.0 Å². The van der Waals surface area contributed by atoms with Crippen molar-refractivity contribution in [2.45, 2.75) is 19.3 Å². The van der Waals surface area contributed by atoms with E-state index >= 15 is 0 Å². The quantitative estimate of drug-likeness (QED) is 0.417. The van der Waals surface area contributed by atoms with Gasteiger partial charge >= 0.3 is 5.97 Å². The molecule has 0 aliphatic rings. The van der Waals surface area contributed by atoms with Crippen LogP contribution in [0.25, 0.3) is 10.9 Å². The topological polar surface area (TPSA) is 85.2 Å². The van der Waals surface area contributed by atoms with Gasteiger partial charge in [0.1, 0.15) is 0 Å². The van der Waals surface area contributed by atoms with Crippen LogP contribution in [0.4, 0.5) is 5.69 Å². The lowest BCUT2D eigenvalue weighted by Gasteiger charge is -2.03. The lowest BCUT2D eigenvalue weighted by atomic mass is 10.0. The molecule has 6 heteroatoms. The summed E-state index contributed by atoms with van der Waals surface area (Å²) in [7, 11) is 1.37. The summed E-state index contributed by atoms with van der Waals surface area (Å²) in [5.41, 5.74) is 3.64. The first kappa shape index (κ1) is 16.7. The van der Waals surface area contributed by atoms with Crippen LogP contribution in [-0.2, 0) is 17.6 Å². The second-order valence-corrected chi connectivity index (χ2v) is 5.81. The number of aryl methyl sites for hydroxylation is 2. The lowest BCUT2D eigenvalue weighted by molar-refractivity contribution is -0.384. The molecule has 0 saturated carbocycles. The summed E-state index contributed by atoms with van der Waals surface area (Å²) in [5.74, 6) is -0.357. The number of aromatic nitrogens is 1. The molecule has 0 radical (unpaired) electrons. The van der Waals surface area contributed by atoms with Crippen LogP contribution in [0.1, 0.15) is 27.9 Å². The van der Waals surface area contributed by atoms with E-state index in [0.717, 1.165) is 41.3 Å². The van der Waals surface area contributed by atoms with Crippen molar-refractivity contribution in [3.05, 3.63) is 75.5 Å². The third-order valence-electron chi connectivity index (χ3n) is 4.27. The van der Waals surface area contributed by atoms with Crippen LogP contribution in [0.3, 0.4) is 0 Å². The molecule has 6 nitrogen and oxygen atoms in total. The highest BCUT2D eigenvalue weighted by atomic mass is 16.6. The van der Waals surface area contributed by atoms with E-state index in [1.54, 1.807) is 18.2 Å². The number of hydrogen-bond acceptors (Lipinski definition) is 4. The molecular weight excluding hydrogens is 320 g/mol. The summed E-state index contributed by atoms with van der Waals surface area (Å²) in [6.07, 6.45) is 4.52. The number of non-ortho nitro benzene ring substituents is 1. The van der Waals surface area contributed by atoms with Gasteiger partial charge in [0.25, 0.3) is 5.69 Å². The van der Waals surface area contributed by atoms with Gasteiger partial charge in [-0.3, -0.25) is 10.1 Å². The van der Waals surface area contributed by atoms with E-state index in [-0.39, 0.29) is 11.7 Å². The first-order valence-electron chi connectivity index (χ1n) is 8.01.